The molecule has 0 N–H and O–H groups in total. The van der Waals surface area contributed by atoms with Gasteiger partial charge in [0, 0.05) is 7.05 Å². The van der Waals surface area contributed by atoms with Gasteiger partial charge >= 0.3 is 0 Å². The summed E-state index contributed by atoms with van der Waals surface area (Å²) in [5.74, 6) is 0.518. The van der Waals surface area contributed by atoms with Crippen LogP contribution < -0.4 is 9.04 Å². The predicted octanol–water partition coefficient (Wildman–Crippen LogP) is 3.34. The van der Waals surface area contributed by atoms with Gasteiger partial charge in [-0.25, -0.2) is 8.42 Å². The van der Waals surface area contributed by atoms with Crippen LogP contribution in [0.1, 0.15) is 0 Å². The fraction of sp³-hybridized carbons (Fsp3) is 0.167. The average molecular weight is 362 g/mol. The first kappa shape index (κ1) is 14.4. The summed E-state index contributed by atoms with van der Waals surface area (Å²) in [5.41, 5.74) is 0.509. The zero-order valence-corrected chi connectivity index (χ0v) is 13.5. The molecular weight excluding hydrogens is 350 g/mol. The van der Waals surface area contributed by atoms with Gasteiger partial charge in [-0.3, -0.25) is 4.31 Å². The van der Waals surface area contributed by atoms with Crippen molar-refractivity contribution in [2.75, 3.05) is 18.5 Å². The van der Waals surface area contributed by atoms with Gasteiger partial charge in [0.2, 0.25) is 0 Å². The summed E-state index contributed by atoms with van der Waals surface area (Å²) in [7, 11) is -0.532. The van der Waals surface area contributed by atoms with E-state index in [9.17, 15) is 8.42 Å². The van der Waals surface area contributed by atoms with Crippen LogP contribution in [0.3, 0.4) is 0 Å². The number of sulfonamides is 1. The second kappa shape index (κ2) is 5.52. The molecule has 1 aromatic heterocycles. The van der Waals surface area contributed by atoms with Crippen molar-refractivity contribution in [3.05, 3.63) is 40.2 Å². The van der Waals surface area contributed by atoms with Gasteiger partial charge < -0.3 is 4.74 Å². The van der Waals surface area contributed by atoms with E-state index in [1.165, 1.54) is 29.8 Å². The molecule has 4 nitrogen and oxygen atoms in total. The number of anilines is 1. The molecule has 1 heterocycles. The van der Waals surface area contributed by atoms with Gasteiger partial charge in [-0.2, -0.15) is 0 Å². The molecule has 2 rings (SSSR count). The zero-order valence-electron chi connectivity index (χ0n) is 10.3. The zero-order chi connectivity index (χ0) is 14.0. The summed E-state index contributed by atoms with van der Waals surface area (Å²) >= 11 is 4.45. The van der Waals surface area contributed by atoms with Crippen LogP contribution in [0.15, 0.2) is 44.4 Å². The molecule has 0 aliphatic carbocycles. The van der Waals surface area contributed by atoms with Gasteiger partial charge in [0.05, 0.1) is 16.6 Å². The van der Waals surface area contributed by atoms with E-state index in [4.69, 9.17) is 4.74 Å². The Hall–Kier alpha value is -1.05. The van der Waals surface area contributed by atoms with Crippen LogP contribution in [0.5, 0.6) is 5.75 Å². The second-order valence-electron chi connectivity index (χ2n) is 3.70. The molecule has 0 unspecified atom stereocenters. The maximum Gasteiger partial charge on any atom is 0.273 e. The molecule has 0 radical (unpaired) electrons. The van der Waals surface area contributed by atoms with E-state index in [2.05, 4.69) is 15.9 Å². The molecule has 19 heavy (non-hydrogen) atoms. The first-order chi connectivity index (χ1) is 8.96. The van der Waals surface area contributed by atoms with E-state index < -0.39 is 10.0 Å². The van der Waals surface area contributed by atoms with Gasteiger partial charge in [0.15, 0.2) is 0 Å². The number of thiophene rings is 1. The number of hydrogen-bond acceptors (Lipinski definition) is 4. The maximum absolute atomic E-state index is 12.5. The van der Waals surface area contributed by atoms with E-state index in [-0.39, 0.29) is 4.21 Å². The van der Waals surface area contributed by atoms with Crippen molar-refractivity contribution in [2.45, 2.75) is 4.21 Å². The SMILES string of the molecule is COc1ccccc1N(C)S(=O)(=O)c1ccc(Br)s1. The normalized spacial score (nSPS) is 11.3. The van der Waals surface area contributed by atoms with Gasteiger partial charge in [-0.1, -0.05) is 12.1 Å². The summed E-state index contributed by atoms with van der Waals surface area (Å²) in [6, 6.07) is 10.3. The number of hydrogen-bond donors (Lipinski definition) is 0. The number of benzene rings is 1. The van der Waals surface area contributed by atoms with Crippen LogP contribution in [-0.4, -0.2) is 22.6 Å². The highest BCUT2D eigenvalue weighted by molar-refractivity contribution is 9.11. The minimum atomic E-state index is -3.56. The number of halogens is 1. The predicted molar refractivity (Wildman–Crippen MR) is 80.6 cm³/mol. The quantitative estimate of drug-likeness (QED) is 0.838. The van der Waals surface area contributed by atoms with Crippen molar-refractivity contribution >= 4 is 43.0 Å². The number of para-hydroxylation sites is 2. The van der Waals surface area contributed by atoms with Crippen molar-refractivity contribution < 1.29 is 13.2 Å². The largest absolute Gasteiger partial charge is 0.495 e. The third kappa shape index (κ3) is 2.77. The molecule has 2 aromatic rings. The molecule has 0 fully saturated rings. The Morgan fingerprint density at radius 1 is 1.21 bits per heavy atom. The average Bonchev–Trinajstić information content (AvgIpc) is 2.85. The van der Waals surface area contributed by atoms with Crippen LogP contribution in [0.25, 0.3) is 0 Å². The molecule has 0 amide bonds. The molecule has 102 valence electrons. The Bertz CT molecular complexity index is 682. The molecule has 0 saturated carbocycles. The molecule has 0 bridgehead atoms. The van der Waals surface area contributed by atoms with E-state index in [0.29, 0.717) is 11.4 Å². The molecule has 0 aliphatic rings. The number of ether oxygens (including phenoxy) is 1. The molecule has 0 saturated heterocycles. The van der Waals surface area contributed by atoms with Crippen molar-refractivity contribution in [3.63, 3.8) is 0 Å². The fourth-order valence-electron chi connectivity index (χ4n) is 1.59. The van der Waals surface area contributed by atoms with Crippen molar-refractivity contribution in [2.24, 2.45) is 0 Å². The maximum atomic E-state index is 12.5. The Morgan fingerprint density at radius 2 is 1.89 bits per heavy atom. The first-order valence-electron chi connectivity index (χ1n) is 5.34. The Morgan fingerprint density at radius 3 is 2.47 bits per heavy atom. The Balaban J connectivity index is 2.46. The summed E-state index contributed by atoms with van der Waals surface area (Å²) in [6.07, 6.45) is 0. The van der Waals surface area contributed by atoms with E-state index in [1.54, 1.807) is 36.4 Å². The topological polar surface area (TPSA) is 46.6 Å². The van der Waals surface area contributed by atoms with E-state index >= 15 is 0 Å². The molecule has 1 aromatic carbocycles. The lowest BCUT2D eigenvalue weighted by Gasteiger charge is -2.20. The lowest BCUT2D eigenvalue weighted by atomic mass is 10.3. The molecule has 0 atom stereocenters. The van der Waals surface area contributed by atoms with Crippen molar-refractivity contribution in [1.82, 2.24) is 0 Å². The highest BCUT2D eigenvalue weighted by atomic mass is 79.9. The minimum absolute atomic E-state index is 0.285. The standard InChI is InChI=1S/C12H12BrNO3S2/c1-14(9-5-3-4-6-10(9)17-2)19(15,16)12-8-7-11(13)18-12/h3-8H,1-2H3. The lowest BCUT2D eigenvalue weighted by molar-refractivity contribution is 0.416. The summed E-state index contributed by atoms with van der Waals surface area (Å²) in [5, 5.41) is 0. The summed E-state index contributed by atoms with van der Waals surface area (Å²) < 4.78 is 32.4. The van der Waals surface area contributed by atoms with Crippen LogP contribution in [0, 0.1) is 0 Å². The Labute approximate surface area is 124 Å². The number of rotatable bonds is 4. The van der Waals surface area contributed by atoms with E-state index in [1.807, 2.05) is 0 Å². The molecule has 0 spiro atoms. The lowest BCUT2D eigenvalue weighted by Crippen LogP contribution is -2.26. The summed E-state index contributed by atoms with van der Waals surface area (Å²) in [4.78, 5) is 0. The van der Waals surface area contributed by atoms with Crippen molar-refractivity contribution in [3.8, 4) is 5.75 Å². The van der Waals surface area contributed by atoms with Gasteiger partial charge in [0.1, 0.15) is 9.96 Å². The number of nitrogens with zero attached hydrogens (tertiary/aromatic N) is 1. The van der Waals surface area contributed by atoms with Crippen LogP contribution >= 0.6 is 27.3 Å². The van der Waals surface area contributed by atoms with Crippen LogP contribution in [0.4, 0.5) is 5.69 Å². The van der Waals surface area contributed by atoms with Crippen molar-refractivity contribution in [1.29, 1.82) is 0 Å². The van der Waals surface area contributed by atoms with Gasteiger partial charge in [0.25, 0.3) is 10.0 Å². The van der Waals surface area contributed by atoms with Crippen LogP contribution in [0.2, 0.25) is 0 Å². The fourth-order valence-corrected chi connectivity index (χ4v) is 4.98. The molecule has 0 aliphatic heterocycles. The van der Waals surface area contributed by atoms with E-state index in [0.717, 1.165) is 3.79 Å². The molecule has 7 heteroatoms. The van der Waals surface area contributed by atoms with Gasteiger partial charge in [-0.05, 0) is 40.2 Å². The second-order valence-corrected chi connectivity index (χ2v) is 8.36. The van der Waals surface area contributed by atoms with Crippen LogP contribution in [-0.2, 0) is 10.0 Å². The number of methoxy groups -OCH3 is 1. The smallest absolute Gasteiger partial charge is 0.273 e. The highest BCUT2D eigenvalue weighted by Gasteiger charge is 2.25. The monoisotopic (exact) mass is 361 g/mol. The third-order valence-corrected chi connectivity index (χ3v) is 6.45. The third-order valence-electron chi connectivity index (χ3n) is 2.59. The minimum Gasteiger partial charge on any atom is -0.495 e. The first-order valence-corrected chi connectivity index (χ1v) is 8.39. The highest BCUT2D eigenvalue weighted by Crippen LogP contribution is 2.34. The summed E-state index contributed by atoms with van der Waals surface area (Å²) in [6.45, 7) is 0. The Kier molecular flexibility index (Phi) is 4.17. The van der Waals surface area contributed by atoms with Gasteiger partial charge in [-0.15, -0.1) is 11.3 Å². The molecular formula is C12H12BrNO3S2.